The Hall–Kier alpha value is -1.43. The number of guanidine groups is 1. The molecule has 0 radical (unpaired) electrons. The van der Waals surface area contributed by atoms with Crippen LogP contribution in [0.5, 0.6) is 5.75 Å². The van der Waals surface area contributed by atoms with Crippen molar-refractivity contribution in [3.8, 4) is 5.75 Å². The Kier molecular flexibility index (Phi) is 7.02. The van der Waals surface area contributed by atoms with Gasteiger partial charge in [-0.3, -0.25) is 4.99 Å². The van der Waals surface area contributed by atoms with E-state index >= 15 is 0 Å². The summed E-state index contributed by atoms with van der Waals surface area (Å²) in [7, 11) is 1.76. The van der Waals surface area contributed by atoms with Crippen LogP contribution in [0.4, 0.5) is 4.39 Å². The lowest BCUT2D eigenvalue weighted by Gasteiger charge is -2.17. The van der Waals surface area contributed by atoms with Gasteiger partial charge in [-0.05, 0) is 50.1 Å². The summed E-state index contributed by atoms with van der Waals surface area (Å²) < 4.78 is 19.1. The molecule has 0 spiro atoms. The van der Waals surface area contributed by atoms with Gasteiger partial charge < -0.3 is 15.4 Å². The second kappa shape index (κ2) is 9.01. The lowest BCUT2D eigenvalue weighted by atomic mass is 10.2. The number of ether oxygens (including phenoxy) is 1. The Morgan fingerprint density at radius 3 is 2.87 bits per heavy atom. The zero-order valence-corrected chi connectivity index (χ0v) is 14.9. The molecule has 2 unspecified atom stereocenters. The van der Waals surface area contributed by atoms with Crippen LogP contribution < -0.4 is 15.4 Å². The van der Waals surface area contributed by atoms with Crippen molar-refractivity contribution in [1.29, 1.82) is 0 Å². The van der Waals surface area contributed by atoms with Crippen molar-refractivity contribution in [1.82, 2.24) is 10.6 Å². The Morgan fingerprint density at radius 1 is 1.43 bits per heavy atom. The summed E-state index contributed by atoms with van der Waals surface area (Å²) in [5, 5.41) is 7.44. The molecule has 1 aliphatic rings. The minimum Gasteiger partial charge on any atom is -0.491 e. The van der Waals surface area contributed by atoms with Crippen molar-refractivity contribution in [3.05, 3.63) is 29.6 Å². The number of thioether (sulfide) groups is 1. The molecule has 0 aromatic heterocycles. The van der Waals surface area contributed by atoms with Crippen LogP contribution in [0.15, 0.2) is 23.2 Å². The summed E-state index contributed by atoms with van der Waals surface area (Å²) >= 11 is 1.93. The SMILES string of the molecule is CCOc1ccc(CNC(=NC)NC2CCC(SC)C2)cc1F. The zero-order valence-electron chi connectivity index (χ0n) is 14.1. The monoisotopic (exact) mass is 339 g/mol. The molecule has 2 atom stereocenters. The Balaban J connectivity index is 1.85. The molecule has 128 valence electrons. The van der Waals surface area contributed by atoms with Crippen molar-refractivity contribution in [2.24, 2.45) is 4.99 Å². The first-order valence-corrected chi connectivity index (χ1v) is 9.36. The van der Waals surface area contributed by atoms with E-state index in [0.29, 0.717) is 24.9 Å². The largest absolute Gasteiger partial charge is 0.491 e. The maximum absolute atomic E-state index is 13.9. The molecule has 0 amide bonds. The van der Waals surface area contributed by atoms with Crippen LogP contribution >= 0.6 is 11.8 Å². The third-order valence-corrected chi connectivity index (χ3v) is 5.13. The van der Waals surface area contributed by atoms with E-state index in [-0.39, 0.29) is 5.82 Å². The lowest BCUT2D eigenvalue weighted by molar-refractivity contribution is 0.321. The maximum atomic E-state index is 13.9. The summed E-state index contributed by atoms with van der Waals surface area (Å²) in [6.45, 7) is 2.83. The normalized spacial score (nSPS) is 21.3. The van der Waals surface area contributed by atoms with E-state index in [4.69, 9.17) is 4.74 Å². The summed E-state index contributed by atoms with van der Waals surface area (Å²) in [5.74, 6) is 0.742. The van der Waals surface area contributed by atoms with Gasteiger partial charge in [0.1, 0.15) is 0 Å². The number of nitrogens with one attached hydrogen (secondary N) is 2. The van der Waals surface area contributed by atoms with Gasteiger partial charge in [-0.25, -0.2) is 4.39 Å². The van der Waals surface area contributed by atoms with Crippen molar-refractivity contribution < 1.29 is 9.13 Å². The minimum absolute atomic E-state index is 0.299. The predicted molar refractivity (Wildman–Crippen MR) is 95.8 cm³/mol. The van der Waals surface area contributed by atoms with E-state index in [1.807, 2.05) is 24.8 Å². The molecular formula is C17H26FN3OS. The van der Waals surface area contributed by atoms with Crippen LogP contribution in [-0.2, 0) is 6.54 Å². The van der Waals surface area contributed by atoms with Crippen molar-refractivity contribution in [3.63, 3.8) is 0 Å². The van der Waals surface area contributed by atoms with Gasteiger partial charge in [0.2, 0.25) is 0 Å². The van der Waals surface area contributed by atoms with E-state index in [9.17, 15) is 4.39 Å². The van der Waals surface area contributed by atoms with Crippen LogP contribution in [0.3, 0.4) is 0 Å². The first kappa shape index (κ1) is 17.9. The van der Waals surface area contributed by atoms with Gasteiger partial charge in [-0.15, -0.1) is 0 Å². The second-order valence-electron chi connectivity index (χ2n) is 5.64. The molecule has 1 saturated carbocycles. The van der Waals surface area contributed by atoms with Crippen molar-refractivity contribution in [2.45, 2.75) is 44.0 Å². The second-order valence-corrected chi connectivity index (χ2v) is 6.77. The van der Waals surface area contributed by atoms with Crippen LogP contribution in [-0.4, -0.2) is 37.2 Å². The van der Waals surface area contributed by atoms with E-state index in [1.54, 1.807) is 13.1 Å². The number of hydrogen-bond donors (Lipinski definition) is 2. The van der Waals surface area contributed by atoms with Gasteiger partial charge in [0.15, 0.2) is 17.5 Å². The molecule has 1 aromatic rings. The van der Waals surface area contributed by atoms with Gasteiger partial charge in [0.05, 0.1) is 6.61 Å². The number of benzene rings is 1. The number of halogens is 1. The molecule has 1 fully saturated rings. The molecule has 6 heteroatoms. The summed E-state index contributed by atoms with van der Waals surface area (Å²) in [6.07, 6.45) is 5.75. The third kappa shape index (κ3) is 5.30. The minimum atomic E-state index is -0.326. The van der Waals surface area contributed by atoms with Crippen LogP contribution in [0.2, 0.25) is 0 Å². The summed E-state index contributed by atoms with van der Waals surface area (Å²) in [4.78, 5) is 4.26. The highest BCUT2D eigenvalue weighted by molar-refractivity contribution is 7.99. The van der Waals surface area contributed by atoms with Crippen LogP contribution in [0.1, 0.15) is 31.7 Å². The molecule has 4 nitrogen and oxygen atoms in total. The molecule has 1 aliphatic carbocycles. The summed E-state index contributed by atoms with van der Waals surface area (Å²) in [6, 6.07) is 5.51. The molecule has 0 bridgehead atoms. The molecule has 1 aromatic carbocycles. The van der Waals surface area contributed by atoms with E-state index in [2.05, 4.69) is 21.9 Å². The average Bonchev–Trinajstić information content (AvgIpc) is 3.01. The number of nitrogens with zero attached hydrogens (tertiary/aromatic N) is 1. The van der Waals surface area contributed by atoms with Crippen molar-refractivity contribution >= 4 is 17.7 Å². The highest BCUT2D eigenvalue weighted by Crippen LogP contribution is 2.28. The Morgan fingerprint density at radius 2 is 2.26 bits per heavy atom. The lowest BCUT2D eigenvalue weighted by Crippen LogP contribution is -2.42. The quantitative estimate of drug-likeness (QED) is 0.617. The Labute approximate surface area is 142 Å². The van der Waals surface area contributed by atoms with Gasteiger partial charge >= 0.3 is 0 Å². The fourth-order valence-corrected chi connectivity index (χ4v) is 3.58. The predicted octanol–water partition coefficient (Wildman–Crippen LogP) is 3.17. The molecular weight excluding hydrogens is 313 g/mol. The van der Waals surface area contributed by atoms with E-state index in [1.165, 1.54) is 25.3 Å². The molecule has 2 rings (SSSR count). The standard InChI is InChI=1S/C17H26FN3OS/c1-4-22-16-8-5-12(9-15(16)18)11-20-17(19-2)21-13-6-7-14(10-13)23-3/h5,8-9,13-14H,4,6-7,10-11H2,1-3H3,(H2,19,20,21). The van der Waals surface area contributed by atoms with E-state index < -0.39 is 0 Å². The Bertz CT molecular complexity index is 539. The zero-order chi connectivity index (χ0) is 16.7. The number of rotatable bonds is 6. The topological polar surface area (TPSA) is 45.6 Å². The van der Waals surface area contributed by atoms with E-state index in [0.717, 1.165) is 16.8 Å². The van der Waals surface area contributed by atoms with Gasteiger partial charge in [-0.2, -0.15) is 11.8 Å². The molecule has 0 saturated heterocycles. The highest BCUT2D eigenvalue weighted by Gasteiger charge is 2.24. The molecule has 0 aliphatic heterocycles. The smallest absolute Gasteiger partial charge is 0.191 e. The first-order valence-electron chi connectivity index (χ1n) is 8.07. The maximum Gasteiger partial charge on any atom is 0.191 e. The molecule has 2 N–H and O–H groups in total. The van der Waals surface area contributed by atoms with Gasteiger partial charge in [0.25, 0.3) is 0 Å². The average molecular weight is 339 g/mol. The molecule has 0 heterocycles. The van der Waals surface area contributed by atoms with Crippen molar-refractivity contribution in [2.75, 3.05) is 19.9 Å². The highest BCUT2D eigenvalue weighted by atomic mass is 32.2. The fourth-order valence-electron chi connectivity index (χ4n) is 2.79. The molecule has 23 heavy (non-hydrogen) atoms. The van der Waals surface area contributed by atoms with Crippen LogP contribution in [0, 0.1) is 5.82 Å². The fraction of sp³-hybridized carbons (Fsp3) is 0.588. The first-order chi connectivity index (χ1) is 11.2. The van der Waals surface area contributed by atoms with Gasteiger partial charge in [-0.1, -0.05) is 6.07 Å². The number of aliphatic imine (C=N–C) groups is 1. The third-order valence-electron chi connectivity index (χ3n) is 4.04. The van der Waals surface area contributed by atoms with Crippen LogP contribution in [0.25, 0.3) is 0 Å². The summed E-state index contributed by atoms with van der Waals surface area (Å²) in [5.41, 5.74) is 0.863. The number of hydrogen-bond acceptors (Lipinski definition) is 3. The van der Waals surface area contributed by atoms with Gasteiger partial charge in [0, 0.05) is 24.9 Å².